The summed E-state index contributed by atoms with van der Waals surface area (Å²) in [6, 6.07) is 5.44. The van der Waals surface area contributed by atoms with Gasteiger partial charge in [0, 0.05) is 37.4 Å². The van der Waals surface area contributed by atoms with Crippen LogP contribution in [0, 0.1) is 5.92 Å². The third kappa shape index (κ3) is 5.15. The molecule has 6 nitrogen and oxygen atoms in total. The van der Waals surface area contributed by atoms with Crippen molar-refractivity contribution in [3.8, 4) is 0 Å². The molecule has 0 aromatic heterocycles. The molecule has 9 heteroatoms. The highest BCUT2D eigenvalue weighted by Gasteiger charge is 2.42. The fourth-order valence-corrected chi connectivity index (χ4v) is 6.27. The van der Waals surface area contributed by atoms with E-state index >= 15 is 0 Å². The van der Waals surface area contributed by atoms with Crippen molar-refractivity contribution >= 4 is 25.6 Å². The lowest BCUT2D eigenvalue weighted by Crippen LogP contribution is -2.57. The lowest BCUT2D eigenvalue weighted by molar-refractivity contribution is -0.136. The van der Waals surface area contributed by atoms with Gasteiger partial charge in [0.1, 0.15) is 6.04 Å². The molecule has 0 spiro atoms. The smallest absolute Gasteiger partial charge is 0.255 e. The topological polar surface area (TPSA) is 78.5 Å². The highest BCUT2D eigenvalue weighted by atomic mass is 19.3. The molecule has 3 fully saturated rings. The third-order valence-corrected chi connectivity index (χ3v) is 8.34. The molecule has 2 N–H and O–H groups in total. The molecule has 35 heavy (non-hydrogen) atoms. The van der Waals surface area contributed by atoms with Crippen LogP contribution in [-0.4, -0.2) is 53.9 Å². The van der Waals surface area contributed by atoms with Gasteiger partial charge in [0.05, 0.1) is 7.85 Å². The molecule has 2 aliphatic carbocycles. The summed E-state index contributed by atoms with van der Waals surface area (Å²) in [5.74, 6) is -3.14. The van der Waals surface area contributed by atoms with Crippen LogP contribution in [-0.2, 0) is 22.6 Å². The molecule has 0 bridgehead atoms. The molecule has 1 unspecified atom stereocenters. The van der Waals surface area contributed by atoms with E-state index in [9.17, 15) is 23.2 Å². The van der Waals surface area contributed by atoms with Gasteiger partial charge >= 0.3 is 0 Å². The minimum atomic E-state index is -2.61. The van der Waals surface area contributed by atoms with Crippen molar-refractivity contribution in [2.45, 2.75) is 101 Å². The summed E-state index contributed by atoms with van der Waals surface area (Å²) in [5, 5.41) is 5.90. The molecular weight excluding hydrogens is 451 g/mol. The van der Waals surface area contributed by atoms with Crippen LogP contribution in [0.5, 0.6) is 0 Å². The number of amides is 3. The van der Waals surface area contributed by atoms with Crippen LogP contribution in [0.15, 0.2) is 18.2 Å². The summed E-state index contributed by atoms with van der Waals surface area (Å²) in [7, 11) is 6.52. The van der Waals surface area contributed by atoms with E-state index in [-0.39, 0.29) is 50.0 Å². The Bertz CT molecular complexity index is 1020. The van der Waals surface area contributed by atoms with Crippen molar-refractivity contribution in [3.05, 3.63) is 34.9 Å². The highest BCUT2D eigenvalue weighted by molar-refractivity contribution is 6.15. The fourth-order valence-electron chi connectivity index (χ4n) is 6.27. The summed E-state index contributed by atoms with van der Waals surface area (Å²) in [4.78, 5) is 38.3. The maximum atomic E-state index is 13.7. The average molecular weight is 483 g/mol. The molecule has 1 saturated heterocycles. The normalized spacial score (nSPS) is 30.2. The maximum absolute atomic E-state index is 13.7. The van der Waals surface area contributed by atoms with Gasteiger partial charge in [-0.2, -0.15) is 0 Å². The highest BCUT2D eigenvalue weighted by Crippen LogP contribution is 2.39. The predicted molar refractivity (Wildman–Crippen MR) is 127 cm³/mol. The monoisotopic (exact) mass is 483 g/mol. The lowest BCUT2D eigenvalue weighted by Gasteiger charge is -2.44. The molecule has 1 aromatic carbocycles. The first-order valence-corrected chi connectivity index (χ1v) is 12.8. The lowest BCUT2D eigenvalue weighted by atomic mass is 9.65. The van der Waals surface area contributed by atoms with E-state index in [0.29, 0.717) is 24.4 Å². The Morgan fingerprint density at radius 2 is 1.80 bits per heavy atom. The minimum absolute atomic E-state index is 0.169. The zero-order valence-corrected chi connectivity index (χ0v) is 20.0. The van der Waals surface area contributed by atoms with Gasteiger partial charge < -0.3 is 10.2 Å². The number of nitrogens with one attached hydrogen (secondary N) is 2. The number of hydrogen-bond donors (Lipinski definition) is 2. The van der Waals surface area contributed by atoms with Crippen LogP contribution in [0.25, 0.3) is 0 Å². The zero-order valence-electron chi connectivity index (χ0n) is 20.0. The van der Waals surface area contributed by atoms with Crippen LogP contribution in [0.2, 0.25) is 0 Å². The van der Waals surface area contributed by atoms with Crippen LogP contribution in [0.3, 0.4) is 0 Å². The van der Waals surface area contributed by atoms with Gasteiger partial charge in [0.2, 0.25) is 17.7 Å². The van der Waals surface area contributed by atoms with Crippen LogP contribution in [0.4, 0.5) is 8.78 Å². The first-order valence-electron chi connectivity index (χ1n) is 12.8. The Kier molecular flexibility index (Phi) is 6.49. The standard InChI is InChI=1S/C26H32BF2N3O3/c27-25(9-11-26(28,29)12-10-25)31-20-4-2-1-3-17(20)13-16-5-6-19-18(14-16)15-32(24(19)35)21-7-8-22(33)30-23(21)34/h5-6,14,17,20-21,31H,1-4,7-13,15H2,(H,30,33,34)/t17-,20+,21?/m1/s1. The second-order valence-electron chi connectivity index (χ2n) is 10.9. The number of carbonyl (C=O) groups excluding carboxylic acids is 3. The molecule has 186 valence electrons. The van der Waals surface area contributed by atoms with Crippen molar-refractivity contribution in [2.75, 3.05) is 0 Å². The molecule has 5 rings (SSSR count). The molecule has 2 saturated carbocycles. The van der Waals surface area contributed by atoms with Crippen molar-refractivity contribution in [1.29, 1.82) is 0 Å². The van der Waals surface area contributed by atoms with E-state index in [0.717, 1.165) is 43.2 Å². The average Bonchev–Trinajstić information content (AvgIpc) is 3.13. The Hall–Kier alpha value is -2.29. The summed E-state index contributed by atoms with van der Waals surface area (Å²) in [6.45, 7) is 0.362. The van der Waals surface area contributed by atoms with Crippen molar-refractivity contribution in [2.24, 2.45) is 5.92 Å². The van der Waals surface area contributed by atoms with Gasteiger partial charge in [0.15, 0.2) is 0 Å². The molecule has 3 atom stereocenters. The molecule has 1 aromatic rings. The molecule has 2 radical (unpaired) electrons. The summed E-state index contributed by atoms with van der Waals surface area (Å²) < 4.78 is 27.3. The first-order chi connectivity index (χ1) is 16.6. The SMILES string of the molecule is [B]C1(N[C@H]2CCCC[C@@H]2Cc2ccc3c(c2)CN(C2CCC(=O)NC2=O)C3=O)CCC(F)(F)CC1. The number of fused-ring (bicyclic) bond motifs is 1. The van der Waals surface area contributed by atoms with E-state index in [1.807, 2.05) is 12.1 Å². The second-order valence-corrected chi connectivity index (χ2v) is 10.9. The van der Waals surface area contributed by atoms with E-state index in [4.69, 9.17) is 7.85 Å². The Balaban J connectivity index is 1.26. The first kappa shape index (κ1) is 24.4. The van der Waals surface area contributed by atoms with Gasteiger partial charge in [-0.25, -0.2) is 8.78 Å². The number of carbonyl (C=O) groups is 3. The van der Waals surface area contributed by atoms with E-state index in [2.05, 4.69) is 16.7 Å². The van der Waals surface area contributed by atoms with Crippen LogP contribution < -0.4 is 10.6 Å². The number of halogens is 2. The van der Waals surface area contributed by atoms with Gasteiger partial charge in [-0.05, 0) is 67.1 Å². The Labute approximate surface area is 206 Å². The van der Waals surface area contributed by atoms with Gasteiger partial charge in [-0.1, -0.05) is 25.0 Å². The van der Waals surface area contributed by atoms with Crippen molar-refractivity contribution in [1.82, 2.24) is 15.5 Å². The van der Waals surface area contributed by atoms with Gasteiger partial charge in [-0.3, -0.25) is 19.7 Å². The number of benzene rings is 1. The fraction of sp³-hybridized carbons (Fsp3) is 0.654. The van der Waals surface area contributed by atoms with Crippen LogP contribution in [0.1, 0.15) is 85.7 Å². The molecule has 2 heterocycles. The number of imide groups is 1. The molecule has 2 aliphatic heterocycles. The quantitative estimate of drug-likeness (QED) is 0.498. The minimum Gasteiger partial charge on any atom is -0.322 e. The summed E-state index contributed by atoms with van der Waals surface area (Å²) in [6.07, 6.45) is 5.87. The van der Waals surface area contributed by atoms with E-state index in [1.165, 1.54) is 0 Å². The number of piperidine rings is 1. The molecule has 4 aliphatic rings. The summed E-state index contributed by atoms with van der Waals surface area (Å²) >= 11 is 0. The number of rotatable bonds is 5. The molecule has 3 amide bonds. The number of hydrogen-bond acceptors (Lipinski definition) is 4. The Morgan fingerprint density at radius 1 is 1.06 bits per heavy atom. The van der Waals surface area contributed by atoms with Gasteiger partial charge in [-0.15, -0.1) is 0 Å². The number of alkyl halides is 2. The van der Waals surface area contributed by atoms with Gasteiger partial charge in [0.25, 0.3) is 5.91 Å². The predicted octanol–water partition coefficient (Wildman–Crippen LogP) is 3.21. The Morgan fingerprint density at radius 3 is 2.54 bits per heavy atom. The zero-order chi connectivity index (χ0) is 24.8. The second kappa shape index (κ2) is 9.30. The van der Waals surface area contributed by atoms with Crippen LogP contribution >= 0.6 is 0 Å². The van der Waals surface area contributed by atoms with Crippen molar-refractivity contribution < 1.29 is 23.2 Å². The number of nitrogens with zero attached hydrogens (tertiary/aromatic N) is 1. The largest absolute Gasteiger partial charge is 0.322 e. The third-order valence-electron chi connectivity index (χ3n) is 8.34. The summed E-state index contributed by atoms with van der Waals surface area (Å²) in [5.41, 5.74) is 1.90. The molecular formula is C26H32BF2N3O3. The van der Waals surface area contributed by atoms with E-state index in [1.54, 1.807) is 4.90 Å². The van der Waals surface area contributed by atoms with E-state index < -0.39 is 23.3 Å². The maximum Gasteiger partial charge on any atom is 0.255 e. The van der Waals surface area contributed by atoms with Crippen molar-refractivity contribution in [3.63, 3.8) is 0 Å².